The molecule has 18 heavy (non-hydrogen) atoms. The first kappa shape index (κ1) is 13.1. The fraction of sp³-hybridized carbons (Fsp3) is 0.308. The van der Waals surface area contributed by atoms with E-state index in [4.69, 9.17) is 9.15 Å². The number of halogens is 1. The van der Waals surface area contributed by atoms with Crippen molar-refractivity contribution in [2.45, 2.75) is 20.1 Å². The molecule has 5 heteroatoms. The largest absolute Gasteiger partial charge is 0.487 e. The molecule has 0 spiro atoms. The lowest BCUT2D eigenvalue weighted by Gasteiger charge is -2.06. The monoisotopic (exact) mass is 310 g/mol. The number of nitrogens with zero attached hydrogens (tertiary/aromatic N) is 1. The van der Waals surface area contributed by atoms with Gasteiger partial charge in [0.1, 0.15) is 18.1 Å². The van der Waals surface area contributed by atoms with E-state index in [1.165, 1.54) is 0 Å². The molecule has 0 radical (unpaired) electrons. The van der Waals surface area contributed by atoms with Gasteiger partial charge < -0.3 is 14.5 Å². The van der Waals surface area contributed by atoms with Gasteiger partial charge in [-0.15, -0.1) is 0 Å². The zero-order chi connectivity index (χ0) is 12.8. The van der Waals surface area contributed by atoms with Crippen LogP contribution in [0.2, 0.25) is 0 Å². The summed E-state index contributed by atoms with van der Waals surface area (Å²) in [5.41, 5.74) is 1.05. The summed E-state index contributed by atoms with van der Waals surface area (Å²) in [7, 11) is 0. The zero-order valence-corrected chi connectivity index (χ0v) is 11.7. The van der Waals surface area contributed by atoms with Crippen molar-refractivity contribution >= 4 is 15.9 Å². The molecule has 0 atom stereocenters. The molecule has 2 rings (SSSR count). The highest BCUT2D eigenvalue weighted by Gasteiger charge is 2.06. The fourth-order valence-electron chi connectivity index (χ4n) is 1.52. The zero-order valence-electron chi connectivity index (χ0n) is 10.1. The van der Waals surface area contributed by atoms with Gasteiger partial charge in [-0.05, 0) is 34.6 Å². The van der Waals surface area contributed by atoms with E-state index in [-0.39, 0.29) is 0 Å². The van der Waals surface area contributed by atoms with Crippen LogP contribution in [0, 0.1) is 0 Å². The van der Waals surface area contributed by atoms with E-state index in [0.29, 0.717) is 6.61 Å². The van der Waals surface area contributed by atoms with E-state index in [1.54, 1.807) is 18.7 Å². The number of rotatable bonds is 6. The molecular formula is C13H15BrN2O2. The van der Waals surface area contributed by atoms with Crippen LogP contribution in [0.3, 0.4) is 0 Å². The van der Waals surface area contributed by atoms with E-state index in [9.17, 15) is 0 Å². The number of nitrogens with one attached hydrogen (secondary N) is 1. The summed E-state index contributed by atoms with van der Waals surface area (Å²) in [6.45, 7) is 4.18. The minimum absolute atomic E-state index is 0.482. The third-order valence-electron chi connectivity index (χ3n) is 2.45. The Labute approximate surface area is 114 Å². The molecule has 96 valence electrons. The summed E-state index contributed by atoms with van der Waals surface area (Å²) in [5, 5.41) is 3.23. The van der Waals surface area contributed by atoms with E-state index in [0.717, 1.165) is 34.6 Å². The second-order valence-corrected chi connectivity index (χ2v) is 4.69. The Hall–Kier alpha value is -1.33. The minimum Gasteiger partial charge on any atom is -0.487 e. The van der Waals surface area contributed by atoms with Crippen LogP contribution < -0.4 is 10.1 Å². The second-order valence-electron chi connectivity index (χ2n) is 3.78. The lowest BCUT2D eigenvalue weighted by molar-refractivity contribution is 0.300. The maximum Gasteiger partial charge on any atom is 0.139 e. The summed E-state index contributed by atoms with van der Waals surface area (Å²) < 4.78 is 12.0. The van der Waals surface area contributed by atoms with E-state index >= 15 is 0 Å². The van der Waals surface area contributed by atoms with Crippen molar-refractivity contribution in [3.8, 4) is 5.75 Å². The van der Waals surface area contributed by atoms with Crippen molar-refractivity contribution in [2.75, 3.05) is 6.54 Å². The van der Waals surface area contributed by atoms with Gasteiger partial charge in [0.05, 0.1) is 19.0 Å². The van der Waals surface area contributed by atoms with Crippen molar-refractivity contribution in [1.82, 2.24) is 10.3 Å². The number of hydrogen-bond acceptors (Lipinski definition) is 4. The highest BCUT2D eigenvalue weighted by atomic mass is 79.9. The molecule has 1 N–H and O–H groups in total. The first-order valence-corrected chi connectivity index (χ1v) is 6.58. The average Bonchev–Trinajstić information content (AvgIpc) is 2.81. The minimum atomic E-state index is 0.482. The lowest BCUT2D eigenvalue weighted by Crippen LogP contribution is -2.12. The summed E-state index contributed by atoms with van der Waals surface area (Å²) >= 11 is 3.36. The number of furan rings is 1. The molecule has 0 aliphatic heterocycles. The molecule has 0 saturated carbocycles. The summed E-state index contributed by atoms with van der Waals surface area (Å²) in [4.78, 5) is 4.05. The molecule has 0 fully saturated rings. The van der Waals surface area contributed by atoms with Gasteiger partial charge in [-0.1, -0.05) is 6.92 Å². The SMILES string of the molecule is CCNCc1occc1COc1cncc(Br)c1. The van der Waals surface area contributed by atoms with E-state index in [1.807, 2.05) is 12.1 Å². The maximum atomic E-state index is 5.67. The molecule has 0 unspecified atom stereocenters. The van der Waals surface area contributed by atoms with Gasteiger partial charge in [0.25, 0.3) is 0 Å². The Balaban J connectivity index is 1.95. The molecule has 0 amide bonds. The maximum absolute atomic E-state index is 5.67. The second kappa shape index (κ2) is 6.56. The first-order chi connectivity index (χ1) is 8.79. The van der Waals surface area contributed by atoms with E-state index in [2.05, 4.69) is 33.2 Å². The highest BCUT2D eigenvalue weighted by molar-refractivity contribution is 9.10. The Morgan fingerprint density at radius 1 is 1.44 bits per heavy atom. The summed E-state index contributed by atoms with van der Waals surface area (Å²) in [6, 6.07) is 3.81. The molecule has 0 aliphatic rings. The van der Waals surface area contributed by atoms with Crippen LogP contribution in [0.4, 0.5) is 0 Å². The third kappa shape index (κ3) is 3.58. The molecule has 0 aromatic carbocycles. The number of hydrogen-bond donors (Lipinski definition) is 1. The van der Waals surface area contributed by atoms with Crippen LogP contribution in [0.5, 0.6) is 5.75 Å². The standard InChI is InChI=1S/C13H15BrN2O2/c1-2-15-8-13-10(3-4-17-13)9-18-12-5-11(14)6-16-7-12/h3-7,15H,2,8-9H2,1H3. The van der Waals surface area contributed by atoms with Gasteiger partial charge >= 0.3 is 0 Å². The lowest BCUT2D eigenvalue weighted by atomic mass is 10.2. The van der Waals surface area contributed by atoms with E-state index < -0.39 is 0 Å². The normalized spacial score (nSPS) is 10.6. The molecule has 2 aromatic rings. The quantitative estimate of drug-likeness (QED) is 0.890. The molecular weight excluding hydrogens is 296 g/mol. The van der Waals surface area contributed by atoms with Crippen LogP contribution in [-0.2, 0) is 13.2 Å². The van der Waals surface area contributed by atoms with Crippen molar-refractivity contribution in [3.05, 3.63) is 46.6 Å². The van der Waals surface area contributed by atoms with Crippen LogP contribution in [0.1, 0.15) is 18.2 Å². The van der Waals surface area contributed by atoms with Crippen LogP contribution in [-0.4, -0.2) is 11.5 Å². The van der Waals surface area contributed by atoms with Gasteiger partial charge in [-0.3, -0.25) is 4.98 Å². The van der Waals surface area contributed by atoms with Gasteiger partial charge in [-0.25, -0.2) is 0 Å². The number of aromatic nitrogens is 1. The van der Waals surface area contributed by atoms with Crippen LogP contribution >= 0.6 is 15.9 Å². The fourth-order valence-corrected chi connectivity index (χ4v) is 1.87. The van der Waals surface area contributed by atoms with Crippen molar-refractivity contribution < 1.29 is 9.15 Å². The Morgan fingerprint density at radius 2 is 2.33 bits per heavy atom. The van der Waals surface area contributed by atoms with Gasteiger partial charge in [0.15, 0.2) is 0 Å². The van der Waals surface area contributed by atoms with Crippen molar-refractivity contribution in [1.29, 1.82) is 0 Å². The molecule has 2 heterocycles. The summed E-state index contributed by atoms with van der Waals surface area (Å²) in [6.07, 6.45) is 5.10. The van der Waals surface area contributed by atoms with Crippen molar-refractivity contribution in [3.63, 3.8) is 0 Å². The van der Waals surface area contributed by atoms with Gasteiger partial charge in [0, 0.05) is 16.2 Å². The Bertz CT molecular complexity index is 499. The molecule has 4 nitrogen and oxygen atoms in total. The smallest absolute Gasteiger partial charge is 0.139 e. The molecule has 0 saturated heterocycles. The number of ether oxygens (including phenoxy) is 1. The predicted molar refractivity (Wildman–Crippen MR) is 72.4 cm³/mol. The van der Waals surface area contributed by atoms with Crippen LogP contribution in [0.15, 0.2) is 39.7 Å². The first-order valence-electron chi connectivity index (χ1n) is 5.79. The molecule has 0 aliphatic carbocycles. The third-order valence-corrected chi connectivity index (χ3v) is 2.88. The summed E-state index contributed by atoms with van der Waals surface area (Å²) in [5.74, 6) is 1.65. The average molecular weight is 311 g/mol. The molecule has 2 aromatic heterocycles. The topological polar surface area (TPSA) is 47.3 Å². The predicted octanol–water partition coefficient (Wildman–Crippen LogP) is 3.13. The number of pyridine rings is 1. The Morgan fingerprint density at radius 3 is 3.11 bits per heavy atom. The van der Waals surface area contributed by atoms with Gasteiger partial charge in [-0.2, -0.15) is 0 Å². The van der Waals surface area contributed by atoms with Crippen LogP contribution in [0.25, 0.3) is 0 Å². The molecule has 0 bridgehead atoms. The Kier molecular flexibility index (Phi) is 4.78. The van der Waals surface area contributed by atoms with Crippen molar-refractivity contribution in [2.24, 2.45) is 0 Å². The highest BCUT2D eigenvalue weighted by Crippen LogP contribution is 2.18. The van der Waals surface area contributed by atoms with Gasteiger partial charge in [0.2, 0.25) is 0 Å².